The van der Waals surface area contributed by atoms with Crippen molar-refractivity contribution in [1.82, 2.24) is 29.5 Å². The summed E-state index contributed by atoms with van der Waals surface area (Å²) in [6.45, 7) is 3.40. The molecule has 9 rings (SSSR count). The zero-order valence-corrected chi connectivity index (χ0v) is 32.5. The number of ether oxygens (including phenoxy) is 2. The molecule has 4 fully saturated rings. The van der Waals surface area contributed by atoms with Crippen molar-refractivity contribution in [1.29, 1.82) is 5.26 Å². The van der Waals surface area contributed by atoms with Crippen molar-refractivity contribution in [3.05, 3.63) is 52.2 Å². The Kier molecular flexibility index (Phi) is 8.97. The molecular formula is C39H39ClF3N9O3S. The summed E-state index contributed by atoms with van der Waals surface area (Å²) < 4.78 is 60.3. The molecule has 1 spiro atoms. The van der Waals surface area contributed by atoms with Gasteiger partial charge in [0.05, 0.1) is 27.9 Å². The van der Waals surface area contributed by atoms with Gasteiger partial charge in [-0.2, -0.15) is 15.2 Å². The standard InChI is InChI=1S/C39H39ClF3N9O3S/c1-49-27(13-28(48-49)54-2)36(53)51-18-38(19-51)8-3-4-10-50(17-38)35-23-12-25(40)30(22-6-7-26(42)33-29(22)24(15-44)34(45)56-33)31(43)32(23)46-37(47-35)55-20-39-9-5-11-52(39)16-21(41)14-39/h6-7,12-13,21H,3-5,8-11,14,16-20,45H2,1-2H3/t21-,39+/m1/s1. The maximum Gasteiger partial charge on any atom is 0.319 e. The van der Waals surface area contributed by atoms with E-state index < -0.39 is 23.3 Å². The minimum atomic E-state index is -0.965. The molecule has 0 aliphatic carbocycles. The van der Waals surface area contributed by atoms with Crippen LogP contribution in [0.15, 0.2) is 24.3 Å². The average molecular weight is 806 g/mol. The number of aromatic nitrogens is 4. The first kappa shape index (κ1) is 36.8. The maximum absolute atomic E-state index is 17.3. The summed E-state index contributed by atoms with van der Waals surface area (Å²) in [5.41, 5.74) is 5.92. The highest BCUT2D eigenvalue weighted by atomic mass is 35.5. The summed E-state index contributed by atoms with van der Waals surface area (Å²) in [6.07, 6.45) is 3.67. The Balaban J connectivity index is 1.12. The number of nitrogen functional groups attached to an aromatic ring is 1. The number of carbonyl (C=O) groups is 1. The van der Waals surface area contributed by atoms with Gasteiger partial charge in [0.25, 0.3) is 5.91 Å². The first-order valence-corrected chi connectivity index (χ1v) is 19.9. The van der Waals surface area contributed by atoms with Crippen LogP contribution < -0.4 is 20.1 Å². The predicted molar refractivity (Wildman–Crippen MR) is 207 cm³/mol. The second kappa shape index (κ2) is 13.7. The fourth-order valence-corrected chi connectivity index (χ4v) is 10.7. The Morgan fingerprint density at radius 1 is 1.14 bits per heavy atom. The van der Waals surface area contributed by atoms with E-state index in [9.17, 15) is 14.4 Å². The number of nitrogens with zero attached hydrogens (tertiary/aromatic N) is 8. The van der Waals surface area contributed by atoms with Gasteiger partial charge in [0.1, 0.15) is 46.7 Å². The van der Waals surface area contributed by atoms with Crippen molar-refractivity contribution in [2.24, 2.45) is 12.5 Å². The smallest absolute Gasteiger partial charge is 0.319 e. The van der Waals surface area contributed by atoms with Crippen LogP contribution in [0.25, 0.3) is 32.1 Å². The molecule has 5 aromatic rings. The van der Waals surface area contributed by atoms with Gasteiger partial charge in [0.2, 0.25) is 5.88 Å². The lowest BCUT2D eigenvalue weighted by Crippen LogP contribution is -2.62. The van der Waals surface area contributed by atoms with E-state index in [4.69, 9.17) is 31.8 Å². The lowest BCUT2D eigenvalue weighted by Gasteiger charge is -2.51. The summed E-state index contributed by atoms with van der Waals surface area (Å²) in [4.78, 5) is 29.1. The highest BCUT2D eigenvalue weighted by molar-refractivity contribution is 7.23. The van der Waals surface area contributed by atoms with Gasteiger partial charge < -0.3 is 25.0 Å². The average Bonchev–Trinajstić information content (AvgIpc) is 3.86. The molecule has 0 unspecified atom stereocenters. The van der Waals surface area contributed by atoms with Crippen molar-refractivity contribution < 1.29 is 27.4 Å². The van der Waals surface area contributed by atoms with Crippen LogP contribution in [0.4, 0.5) is 24.0 Å². The number of carbonyl (C=O) groups excluding carboxylic acids is 1. The lowest BCUT2D eigenvalue weighted by molar-refractivity contribution is 0.00555. The summed E-state index contributed by atoms with van der Waals surface area (Å²) in [5, 5.41) is 14.9. The van der Waals surface area contributed by atoms with Crippen LogP contribution in [0, 0.1) is 28.4 Å². The third kappa shape index (κ3) is 5.89. The third-order valence-electron chi connectivity index (χ3n) is 12.1. The molecule has 3 aromatic heterocycles. The first-order valence-electron chi connectivity index (χ1n) is 18.7. The molecule has 2 aromatic carbocycles. The molecule has 56 heavy (non-hydrogen) atoms. The van der Waals surface area contributed by atoms with Crippen LogP contribution in [0.1, 0.15) is 54.6 Å². The normalized spacial score (nSPS) is 22.1. The molecule has 7 heterocycles. The zero-order chi connectivity index (χ0) is 39.1. The van der Waals surface area contributed by atoms with E-state index in [0.717, 1.165) is 50.0 Å². The molecule has 4 aliphatic rings. The van der Waals surface area contributed by atoms with E-state index in [1.165, 1.54) is 23.9 Å². The highest BCUT2D eigenvalue weighted by Crippen LogP contribution is 2.47. The molecule has 292 valence electrons. The van der Waals surface area contributed by atoms with E-state index >= 15 is 8.78 Å². The number of likely N-dealkylation sites (tertiary alicyclic amines) is 1. The molecule has 0 saturated carbocycles. The molecular weight excluding hydrogens is 767 g/mol. The number of benzene rings is 2. The van der Waals surface area contributed by atoms with Gasteiger partial charge in [-0.15, -0.1) is 16.4 Å². The number of thiophene rings is 1. The van der Waals surface area contributed by atoms with Gasteiger partial charge >= 0.3 is 6.01 Å². The monoisotopic (exact) mass is 805 g/mol. The van der Waals surface area contributed by atoms with Crippen LogP contribution in [0.2, 0.25) is 5.02 Å². The van der Waals surface area contributed by atoms with E-state index in [-0.39, 0.29) is 66.3 Å². The number of nitriles is 1. The Hall–Kier alpha value is -4.85. The van der Waals surface area contributed by atoms with Gasteiger partial charge in [0, 0.05) is 74.0 Å². The van der Waals surface area contributed by atoms with Crippen molar-refractivity contribution >= 4 is 60.7 Å². The Morgan fingerprint density at radius 2 is 1.96 bits per heavy atom. The minimum Gasteiger partial charge on any atom is -0.480 e. The number of amides is 1. The third-order valence-corrected chi connectivity index (χ3v) is 13.4. The summed E-state index contributed by atoms with van der Waals surface area (Å²) >= 11 is 7.88. The van der Waals surface area contributed by atoms with Crippen molar-refractivity contribution in [3.63, 3.8) is 0 Å². The van der Waals surface area contributed by atoms with Gasteiger partial charge in [-0.3, -0.25) is 14.4 Å². The van der Waals surface area contributed by atoms with Gasteiger partial charge in [-0.1, -0.05) is 24.1 Å². The second-order valence-corrected chi connectivity index (χ2v) is 17.1. The molecule has 4 aliphatic heterocycles. The zero-order valence-electron chi connectivity index (χ0n) is 30.9. The number of hydrogen-bond donors (Lipinski definition) is 1. The molecule has 2 atom stereocenters. The Morgan fingerprint density at radius 3 is 2.73 bits per heavy atom. The van der Waals surface area contributed by atoms with E-state index in [2.05, 4.69) is 19.9 Å². The van der Waals surface area contributed by atoms with Crippen molar-refractivity contribution in [2.45, 2.75) is 50.2 Å². The number of fused-ring (bicyclic) bond motifs is 3. The highest BCUT2D eigenvalue weighted by Gasteiger charge is 2.50. The maximum atomic E-state index is 17.3. The molecule has 12 nitrogen and oxygen atoms in total. The number of anilines is 2. The number of halogens is 4. The Labute approximate surface area is 329 Å². The van der Waals surface area contributed by atoms with Crippen LogP contribution in [-0.2, 0) is 7.05 Å². The van der Waals surface area contributed by atoms with Gasteiger partial charge in [0.15, 0.2) is 5.82 Å². The molecule has 17 heteroatoms. The van der Waals surface area contributed by atoms with E-state index in [0.29, 0.717) is 61.9 Å². The van der Waals surface area contributed by atoms with Gasteiger partial charge in [-0.05, 0) is 49.9 Å². The number of nitrogens with two attached hydrogens (primary N) is 1. The number of rotatable bonds is 7. The minimum absolute atomic E-state index is 0.0204. The largest absolute Gasteiger partial charge is 0.480 e. The van der Waals surface area contributed by atoms with E-state index in [1.54, 1.807) is 24.1 Å². The van der Waals surface area contributed by atoms with Gasteiger partial charge in [-0.25, -0.2) is 13.2 Å². The molecule has 4 saturated heterocycles. The number of methoxy groups -OCH3 is 1. The summed E-state index contributed by atoms with van der Waals surface area (Å²) in [6, 6.07) is 7.82. The fourth-order valence-electron chi connectivity index (χ4n) is 9.48. The van der Waals surface area contributed by atoms with Crippen LogP contribution >= 0.6 is 22.9 Å². The molecule has 0 radical (unpaired) electrons. The summed E-state index contributed by atoms with van der Waals surface area (Å²) in [5.74, 6) is -0.727. The van der Waals surface area contributed by atoms with Crippen molar-refractivity contribution in [2.75, 3.05) is 63.6 Å². The molecule has 1 amide bonds. The van der Waals surface area contributed by atoms with Crippen LogP contribution in [0.5, 0.6) is 11.9 Å². The number of alkyl halides is 1. The summed E-state index contributed by atoms with van der Waals surface area (Å²) in [7, 11) is 3.21. The first-order chi connectivity index (χ1) is 26.9. The topological polar surface area (TPSA) is 139 Å². The number of hydrogen-bond acceptors (Lipinski definition) is 11. The SMILES string of the molecule is COc1cc(C(=O)N2CC3(CCCCN(c4nc(OC[C@@]56CCCN5C[C@H](F)C6)nc5c(F)c(-c6ccc(F)c7sc(N)c(C#N)c67)c(Cl)cc45)C3)C2)n(C)n1. The van der Waals surface area contributed by atoms with Crippen LogP contribution in [-0.4, -0.2) is 100 Å². The Bertz CT molecular complexity index is 2470. The quantitative estimate of drug-likeness (QED) is 0.189. The molecule has 0 bridgehead atoms. The second-order valence-electron chi connectivity index (χ2n) is 15.6. The molecule has 2 N–H and O–H groups in total. The van der Waals surface area contributed by atoms with Crippen molar-refractivity contribution in [3.8, 4) is 29.1 Å². The predicted octanol–water partition coefficient (Wildman–Crippen LogP) is 6.73. The fraction of sp³-hybridized carbons (Fsp3) is 0.462. The lowest BCUT2D eigenvalue weighted by atomic mass is 9.75. The number of aryl methyl sites for hydroxylation is 1. The van der Waals surface area contributed by atoms with E-state index in [1.807, 2.05) is 6.07 Å². The van der Waals surface area contributed by atoms with Crippen LogP contribution in [0.3, 0.4) is 0 Å².